The molecular formula is C26H27F4NO2. The van der Waals surface area contributed by atoms with E-state index in [4.69, 9.17) is 4.74 Å². The van der Waals surface area contributed by atoms with Gasteiger partial charge in [-0.3, -0.25) is 4.98 Å². The minimum absolute atomic E-state index is 0.0198. The van der Waals surface area contributed by atoms with Crippen LogP contribution in [0.15, 0.2) is 42.5 Å². The highest BCUT2D eigenvalue weighted by atomic mass is 19.4. The van der Waals surface area contributed by atoms with E-state index in [-0.39, 0.29) is 6.42 Å². The summed E-state index contributed by atoms with van der Waals surface area (Å²) in [5.74, 6) is -0.0853. The van der Waals surface area contributed by atoms with Crippen molar-refractivity contribution in [2.45, 2.75) is 63.6 Å². The van der Waals surface area contributed by atoms with Gasteiger partial charge in [-0.2, -0.15) is 13.2 Å². The van der Waals surface area contributed by atoms with Crippen molar-refractivity contribution < 1.29 is 27.4 Å². The first-order valence-electron chi connectivity index (χ1n) is 11.0. The molecule has 0 radical (unpaired) electrons. The quantitative estimate of drug-likeness (QED) is 0.444. The number of ether oxygens (including phenoxy) is 1. The van der Waals surface area contributed by atoms with E-state index in [0.29, 0.717) is 41.0 Å². The van der Waals surface area contributed by atoms with Gasteiger partial charge < -0.3 is 9.84 Å². The van der Waals surface area contributed by atoms with Crippen LogP contribution in [0, 0.1) is 12.7 Å². The molecule has 7 heteroatoms. The van der Waals surface area contributed by atoms with Crippen molar-refractivity contribution >= 4 is 10.9 Å². The van der Waals surface area contributed by atoms with E-state index in [1.54, 1.807) is 26.0 Å². The van der Waals surface area contributed by atoms with Crippen molar-refractivity contribution in [1.82, 2.24) is 4.98 Å². The van der Waals surface area contributed by atoms with Crippen LogP contribution < -0.4 is 4.74 Å². The molecule has 33 heavy (non-hydrogen) atoms. The summed E-state index contributed by atoms with van der Waals surface area (Å²) >= 11 is 0. The predicted molar refractivity (Wildman–Crippen MR) is 119 cm³/mol. The molecule has 3 nitrogen and oxygen atoms in total. The van der Waals surface area contributed by atoms with E-state index in [9.17, 15) is 22.7 Å². The molecule has 2 aromatic carbocycles. The molecule has 4 rings (SSSR count). The number of aliphatic hydroxyl groups is 1. The molecule has 0 spiro atoms. The van der Waals surface area contributed by atoms with Crippen molar-refractivity contribution in [3.05, 3.63) is 70.7 Å². The van der Waals surface area contributed by atoms with Crippen molar-refractivity contribution in [3.63, 3.8) is 0 Å². The molecule has 3 aromatic rings. The van der Waals surface area contributed by atoms with Crippen LogP contribution in [-0.2, 0) is 18.3 Å². The number of pyridine rings is 1. The lowest BCUT2D eigenvalue weighted by Gasteiger charge is -2.38. The number of aromatic nitrogens is 1. The van der Waals surface area contributed by atoms with Crippen LogP contribution in [0.4, 0.5) is 17.6 Å². The number of alkyl halides is 3. The number of nitrogens with zero attached hydrogens (tertiary/aromatic N) is 1. The van der Waals surface area contributed by atoms with Gasteiger partial charge in [0.25, 0.3) is 0 Å². The minimum atomic E-state index is -4.86. The van der Waals surface area contributed by atoms with Gasteiger partial charge in [-0.05, 0) is 61.4 Å². The molecule has 1 aliphatic heterocycles. The van der Waals surface area contributed by atoms with Gasteiger partial charge in [-0.25, -0.2) is 4.39 Å². The zero-order valence-corrected chi connectivity index (χ0v) is 18.9. The number of aryl methyl sites for hydroxylation is 2. The maximum absolute atomic E-state index is 14.2. The second-order valence-corrected chi connectivity index (χ2v) is 9.57. The Morgan fingerprint density at radius 2 is 1.85 bits per heavy atom. The lowest BCUT2D eigenvalue weighted by Crippen LogP contribution is -2.49. The largest absolute Gasteiger partial charge is 0.493 e. The summed E-state index contributed by atoms with van der Waals surface area (Å²) in [5.41, 5.74) is -0.939. The second-order valence-electron chi connectivity index (χ2n) is 9.57. The number of fused-ring (bicyclic) bond motifs is 2. The van der Waals surface area contributed by atoms with Gasteiger partial charge in [-0.1, -0.05) is 32.0 Å². The van der Waals surface area contributed by atoms with E-state index >= 15 is 0 Å². The van der Waals surface area contributed by atoms with Crippen LogP contribution in [0.25, 0.3) is 10.9 Å². The minimum Gasteiger partial charge on any atom is -0.493 e. The van der Waals surface area contributed by atoms with Gasteiger partial charge in [-0.15, -0.1) is 0 Å². The molecule has 0 aliphatic carbocycles. The number of hydrogen-bond donors (Lipinski definition) is 1. The van der Waals surface area contributed by atoms with E-state index in [1.165, 1.54) is 12.1 Å². The Morgan fingerprint density at radius 1 is 1.09 bits per heavy atom. The average Bonchev–Trinajstić information content (AvgIpc) is 3.18. The molecule has 176 valence electrons. The van der Waals surface area contributed by atoms with Gasteiger partial charge in [0, 0.05) is 28.6 Å². The van der Waals surface area contributed by atoms with Crippen LogP contribution in [0.5, 0.6) is 5.75 Å². The zero-order valence-electron chi connectivity index (χ0n) is 18.9. The first kappa shape index (κ1) is 23.5. The van der Waals surface area contributed by atoms with Gasteiger partial charge in [0.2, 0.25) is 0 Å². The number of hydrogen-bond acceptors (Lipinski definition) is 3. The van der Waals surface area contributed by atoms with Gasteiger partial charge in [0.05, 0.1) is 12.1 Å². The Labute approximate surface area is 190 Å². The molecule has 0 saturated heterocycles. The van der Waals surface area contributed by atoms with E-state index in [0.717, 1.165) is 11.1 Å². The summed E-state index contributed by atoms with van der Waals surface area (Å²) < 4.78 is 62.5. The lowest BCUT2D eigenvalue weighted by molar-refractivity contribution is -0.269. The highest BCUT2D eigenvalue weighted by molar-refractivity contribution is 5.82. The molecule has 1 N–H and O–H groups in total. The molecule has 0 fully saturated rings. The molecule has 1 atom stereocenters. The molecule has 0 unspecified atom stereocenters. The fourth-order valence-electron chi connectivity index (χ4n) is 4.81. The molecule has 0 amide bonds. The van der Waals surface area contributed by atoms with Gasteiger partial charge in [0.1, 0.15) is 11.6 Å². The molecule has 0 bridgehead atoms. The Balaban J connectivity index is 1.65. The number of halogens is 4. The smallest absolute Gasteiger partial charge is 0.417 e. The zero-order chi connectivity index (χ0) is 24.0. The monoisotopic (exact) mass is 461 g/mol. The molecule has 1 aliphatic rings. The third-order valence-corrected chi connectivity index (χ3v) is 6.51. The maximum atomic E-state index is 14.2. The third-order valence-electron chi connectivity index (χ3n) is 6.51. The molecule has 1 aromatic heterocycles. The molecule has 0 saturated carbocycles. The molecular weight excluding hydrogens is 434 g/mol. The Kier molecular flexibility index (Phi) is 5.89. The SMILES string of the molecule is Cc1ccc2c(CC[C@](O)(CC(C)(C)c3cc(F)cc4c3OCC4)C(F)(F)F)cccc2n1. The van der Waals surface area contributed by atoms with Crippen LogP contribution >= 0.6 is 0 Å². The summed E-state index contributed by atoms with van der Waals surface area (Å²) in [5, 5.41) is 11.7. The average molecular weight is 461 g/mol. The first-order valence-corrected chi connectivity index (χ1v) is 11.0. The van der Waals surface area contributed by atoms with Crippen molar-refractivity contribution in [1.29, 1.82) is 0 Å². The van der Waals surface area contributed by atoms with E-state index in [2.05, 4.69) is 4.98 Å². The second kappa shape index (κ2) is 8.28. The van der Waals surface area contributed by atoms with Crippen molar-refractivity contribution in [3.8, 4) is 5.75 Å². The summed E-state index contributed by atoms with van der Waals surface area (Å²) in [6, 6.07) is 11.6. The third kappa shape index (κ3) is 4.56. The van der Waals surface area contributed by atoms with Crippen LogP contribution in [-0.4, -0.2) is 28.5 Å². The van der Waals surface area contributed by atoms with Crippen molar-refractivity contribution in [2.24, 2.45) is 0 Å². The highest BCUT2D eigenvalue weighted by Crippen LogP contribution is 2.47. The topological polar surface area (TPSA) is 42.4 Å². The highest BCUT2D eigenvalue weighted by Gasteiger charge is 2.55. The maximum Gasteiger partial charge on any atom is 0.417 e. The Hall–Kier alpha value is -2.67. The summed E-state index contributed by atoms with van der Waals surface area (Å²) in [4.78, 5) is 4.44. The van der Waals surface area contributed by atoms with E-state index < -0.39 is 35.9 Å². The normalized spacial score (nSPS) is 15.9. The van der Waals surface area contributed by atoms with E-state index in [1.807, 2.05) is 25.1 Å². The molecule has 2 heterocycles. The van der Waals surface area contributed by atoms with Gasteiger partial charge >= 0.3 is 6.18 Å². The Bertz CT molecular complexity index is 1190. The summed E-state index contributed by atoms with van der Waals surface area (Å²) in [7, 11) is 0. The number of rotatable bonds is 6. The Morgan fingerprint density at radius 3 is 2.58 bits per heavy atom. The van der Waals surface area contributed by atoms with Crippen LogP contribution in [0.1, 0.15) is 49.1 Å². The van der Waals surface area contributed by atoms with Crippen LogP contribution in [0.2, 0.25) is 0 Å². The lowest BCUT2D eigenvalue weighted by atomic mass is 9.72. The van der Waals surface area contributed by atoms with Gasteiger partial charge in [0.15, 0.2) is 5.60 Å². The predicted octanol–water partition coefficient (Wildman–Crippen LogP) is 6.21. The van der Waals surface area contributed by atoms with Crippen LogP contribution in [0.3, 0.4) is 0 Å². The standard InChI is InChI=1S/C26H27F4NO2/c1-16-7-8-20-17(5-4-6-22(20)31-16)9-11-25(32,26(28,29)30)15-24(2,3)21-14-19(27)13-18-10-12-33-23(18)21/h4-8,13-14,32H,9-12,15H2,1-3H3/t25-/m0/s1. The fourth-order valence-corrected chi connectivity index (χ4v) is 4.81. The fraction of sp³-hybridized carbons (Fsp3) is 0.423. The van der Waals surface area contributed by atoms with Crippen molar-refractivity contribution in [2.75, 3.05) is 6.61 Å². The summed E-state index contributed by atoms with van der Waals surface area (Å²) in [6.45, 7) is 5.39. The summed E-state index contributed by atoms with van der Waals surface area (Å²) in [6.07, 6.45) is -5.47. The number of benzene rings is 2. The first-order chi connectivity index (χ1) is 15.4.